The van der Waals surface area contributed by atoms with Gasteiger partial charge in [0.05, 0.1) is 17.6 Å². The number of aromatic nitrogens is 2. The second-order valence-electron chi connectivity index (χ2n) is 3.79. The third kappa shape index (κ3) is 1.75. The molecule has 0 unspecified atom stereocenters. The molecule has 0 aliphatic heterocycles. The molecule has 0 saturated carbocycles. The van der Waals surface area contributed by atoms with Crippen LogP contribution in [-0.4, -0.2) is 16.6 Å². The van der Waals surface area contributed by atoms with E-state index in [4.69, 9.17) is 0 Å². The van der Waals surface area contributed by atoms with Crippen LogP contribution in [0.15, 0.2) is 18.2 Å². The molecule has 0 atom stereocenters. The molecule has 80 valence electrons. The highest BCUT2D eigenvalue weighted by Crippen LogP contribution is 2.17. The minimum Gasteiger partial charge on any atom is -0.330 e. The van der Waals surface area contributed by atoms with Gasteiger partial charge in [0.25, 0.3) is 0 Å². The third-order valence-corrected chi connectivity index (χ3v) is 2.78. The molecule has 0 fully saturated rings. The fourth-order valence-corrected chi connectivity index (χ4v) is 1.82. The van der Waals surface area contributed by atoms with Gasteiger partial charge < -0.3 is 9.88 Å². The van der Waals surface area contributed by atoms with Gasteiger partial charge in [-0.15, -0.1) is 0 Å². The van der Waals surface area contributed by atoms with Gasteiger partial charge >= 0.3 is 0 Å². The molecule has 1 aromatic carbocycles. The average molecular weight is 203 g/mol. The fourth-order valence-electron chi connectivity index (χ4n) is 1.82. The average Bonchev–Trinajstić information content (AvgIpc) is 2.56. The first-order valence-electron chi connectivity index (χ1n) is 5.35. The van der Waals surface area contributed by atoms with Gasteiger partial charge in [-0.25, -0.2) is 4.98 Å². The van der Waals surface area contributed by atoms with Crippen LogP contribution in [0.2, 0.25) is 0 Å². The van der Waals surface area contributed by atoms with Crippen molar-refractivity contribution in [2.45, 2.75) is 19.9 Å². The Labute approximate surface area is 90.1 Å². The van der Waals surface area contributed by atoms with Crippen LogP contribution < -0.4 is 5.32 Å². The fraction of sp³-hybridized carbons (Fsp3) is 0.417. The summed E-state index contributed by atoms with van der Waals surface area (Å²) in [4.78, 5) is 4.58. The maximum Gasteiger partial charge on any atom is 0.123 e. The Morgan fingerprint density at radius 3 is 2.87 bits per heavy atom. The summed E-state index contributed by atoms with van der Waals surface area (Å²) in [6, 6.07) is 6.48. The molecule has 0 aliphatic rings. The normalized spacial score (nSPS) is 11.1. The van der Waals surface area contributed by atoms with Gasteiger partial charge in [0.1, 0.15) is 5.82 Å². The van der Waals surface area contributed by atoms with Crippen molar-refractivity contribution in [2.75, 3.05) is 7.05 Å². The lowest BCUT2D eigenvalue weighted by molar-refractivity contribution is 0.719. The first-order chi connectivity index (χ1) is 7.26. The van der Waals surface area contributed by atoms with Gasteiger partial charge in [-0.2, -0.15) is 0 Å². The van der Waals surface area contributed by atoms with Crippen molar-refractivity contribution in [3.63, 3.8) is 0 Å². The van der Waals surface area contributed by atoms with Gasteiger partial charge in [0, 0.05) is 7.05 Å². The quantitative estimate of drug-likeness (QED) is 0.825. The highest BCUT2D eigenvalue weighted by Gasteiger charge is 2.06. The first kappa shape index (κ1) is 10.2. The lowest BCUT2D eigenvalue weighted by atomic mass is 10.1. The molecule has 15 heavy (non-hydrogen) atoms. The smallest absolute Gasteiger partial charge is 0.123 e. The molecular formula is C12H17N3. The first-order valence-corrected chi connectivity index (χ1v) is 5.35. The van der Waals surface area contributed by atoms with Crippen molar-refractivity contribution in [1.82, 2.24) is 14.9 Å². The highest BCUT2D eigenvalue weighted by molar-refractivity contribution is 5.76. The van der Waals surface area contributed by atoms with Crippen molar-refractivity contribution in [2.24, 2.45) is 7.05 Å². The molecule has 0 amide bonds. The molecule has 2 rings (SSSR count). The van der Waals surface area contributed by atoms with Crippen LogP contribution in [0.1, 0.15) is 18.3 Å². The molecular weight excluding hydrogens is 186 g/mol. The number of hydrogen-bond donors (Lipinski definition) is 1. The lowest BCUT2D eigenvalue weighted by Crippen LogP contribution is -2.10. The predicted octanol–water partition coefficient (Wildman–Crippen LogP) is 1.86. The Bertz CT molecular complexity index is 471. The van der Waals surface area contributed by atoms with Crippen molar-refractivity contribution < 1.29 is 0 Å². The van der Waals surface area contributed by atoms with Gasteiger partial charge in [0.2, 0.25) is 0 Å². The van der Waals surface area contributed by atoms with Crippen LogP contribution in [0.3, 0.4) is 0 Å². The van der Waals surface area contributed by atoms with Crippen LogP contribution in [0.25, 0.3) is 11.0 Å². The van der Waals surface area contributed by atoms with E-state index >= 15 is 0 Å². The number of rotatable bonds is 3. The van der Waals surface area contributed by atoms with E-state index in [1.165, 1.54) is 11.1 Å². The molecule has 1 heterocycles. The monoisotopic (exact) mass is 203 g/mol. The molecule has 3 nitrogen and oxygen atoms in total. The largest absolute Gasteiger partial charge is 0.330 e. The predicted molar refractivity (Wildman–Crippen MR) is 62.9 cm³/mol. The Balaban J connectivity index is 2.56. The van der Waals surface area contributed by atoms with Crippen LogP contribution >= 0.6 is 0 Å². The standard InChI is InChI=1S/C12H17N3/c1-4-9-5-6-10-11(7-9)15(3)12(14-10)8-13-2/h5-7,13H,4,8H2,1-3H3. The van der Waals surface area contributed by atoms with E-state index in [1.807, 2.05) is 7.05 Å². The summed E-state index contributed by atoms with van der Waals surface area (Å²) in [5.41, 5.74) is 3.67. The summed E-state index contributed by atoms with van der Waals surface area (Å²) in [7, 11) is 4.01. The summed E-state index contributed by atoms with van der Waals surface area (Å²) in [6.45, 7) is 2.98. The summed E-state index contributed by atoms with van der Waals surface area (Å²) in [5.74, 6) is 1.08. The second kappa shape index (κ2) is 4.03. The molecule has 0 saturated heterocycles. The summed E-state index contributed by atoms with van der Waals surface area (Å²) < 4.78 is 2.16. The maximum absolute atomic E-state index is 4.58. The SMILES string of the molecule is CCc1ccc2nc(CNC)n(C)c2c1. The minimum absolute atomic E-state index is 0.812. The van der Waals surface area contributed by atoms with Crippen LogP contribution in [0, 0.1) is 0 Å². The Morgan fingerprint density at radius 2 is 2.20 bits per heavy atom. The number of nitrogens with one attached hydrogen (secondary N) is 1. The van der Waals surface area contributed by atoms with Crippen molar-refractivity contribution in [1.29, 1.82) is 0 Å². The summed E-state index contributed by atoms with van der Waals surface area (Å²) in [5, 5.41) is 3.13. The van der Waals surface area contributed by atoms with E-state index < -0.39 is 0 Å². The Morgan fingerprint density at radius 1 is 1.40 bits per heavy atom. The molecule has 2 aromatic rings. The van der Waals surface area contributed by atoms with E-state index in [0.29, 0.717) is 0 Å². The number of fused-ring (bicyclic) bond motifs is 1. The summed E-state index contributed by atoms with van der Waals surface area (Å²) in [6.07, 6.45) is 1.07. The third-order valence-electron chi connectivity index (χ3n) is 2.78. The van der Waals surface area contributed by atoms with Crippen molar-refractivity contribution in [3.8, 4) is 0 Å². The maximum atomic E-state index is 4.58. The van der Waals surface area contributed by atoms with E-state index in [2.05, 4.69) is 47.0 Å². The number of nitrogens with zero attached hydrogens (tertiary/aromatic N) is 2. The molecule has 0 bridgehead atoms. The molecule has 0 radical (unpaired) electrons. The Hall–Kier alpha value is -1.35. The van der Waals surface area contributed by atoms with Crippen molar-refractivity contribution in [3.05, 3.63) is 29.6 Å². The molecule has 0 aliphatic carbocycles. The topological polar surface area (TPSA) is 29.9 Å². The van der Waals surface area contributed by atoms with Crippen LogP contribution in [0.5, 0.6) is 0 Å². The number of imidazole rings is 1. The molecule has 1 N–H and O–H groups in total. The zero-order valence-electron chi connectivity index (χ0n) is 9.54. The van der Waals surface area contributed by atoms with Crippen LogP contribution in [0.4, 0.5) is 0 Å². The molecule has 3 heteroatoms. The van der Waals surface area contributed by atoms with E-state index in [0.717, 1.165) is 24.3 Å². The highest BCUT2D eigenvalue weighted by atomic mass is 15.1. The summed E-state index contributed by atoms with van der Waals surface area (Å²) >= 11 is 0. The number of benzene rings is 1. The van der Waals surface area contributed by atoms with Gasteiger partial charge in [0.15, 0.2) is 0 Å². The van der Waals surface area contributed by atoms with Gasteiger partial charge in [-0.05, 0) is 31.2 Å². The van der Waals surface area contributed by atoms with Gasteiger partial charge in [-0.1, -0.05) is 13.0 Å². The van der Waals surface area contributed by atoms with E-state index in [9.17, 15) is 0 Å². The van der Waals surface area contributed by atoms with E-state index in [1.54, 1.807) is 0 Å². The zero-order valence-corrected chi connectivity index (χ0v) is 9.54. The lowest BCUT2D eigenvalue weighted by Gasteiger charge is -2.01. The zero-order chi connectivity index (χ0) is 10.8. The molecule has 0 spiro atoms. The van der Waals surface area contributed by atoms with Gasteiger partial charge in [-0.3, -0.25) is 0 Å². The minimum atomic E-state index is 0.812. The van der Waals surface area contributed by atoms with Crippen molar-refractivity contribution >= 4 is 11.0 Å². The van der Waals surface area contributed by atoms with E-state index in [-0.39, 0.29) is 0 Å². The Kier molecular flexibility index (Phi) is 2.73. The number of aryl methyl sites for hydroxylation is 2. The number of hydrogen-bond acceptors (Lipinski definition) is 2. The van der Waals surface area contributed by atoms with Crippen LogP contribution in [-0.2, 0) is 20.0 Å². The molecule has 1 aromatic heterocycles. The second-order valence-corrected chi connectivity index (χ2v) is 3.79.